The summed E-state index contributed by atoms with van der Waals surface area (Å²) in [7, 11) is 0. The van der Waals surface area contributed by atoms with Crippen LogP contribution in [0.3, 0.4) is 0 Å². The second-order valence-electron chi connectivity index (χ2n) is 5.16. The predicted molar refractivity (Wildman–Crippen MR) is 82.7 cm³/mol. The number of amides is 1. The topological polar surface area (TPSA) is 55.1 Å². The largest absolute Gasteiger partial charge is 0.370 e. The summed E-state index contributed by atoms with van der Waals surface area (Å²) in [5, 5.41) is 3.22. The molecule has 0 aliphatic carbocycles. The highest BCUT2D eigenvalue weighted by Gasteiger charge is 2.21. The highest BCUT2D eigenvalue weighted by Crippen LogP contribution is 2.26. The fraction of sp³-hybridized carbons (Fsp3) is 0.235. The molecule has 1 atom stereocenters. The van der Waals surface area contributed by atoms with Gasteiger partial charge in [0.2, 0.25) is 5.91 Å². The van der Waals surface area contributed by atoms with Crippen molar-refractivity contribution >= 4 is 11.6 Å². The van der Waals surface area contributed by atoms with Crippen molar-refractivity contribution in [3.8, 4) is 0 Å². The van der Waals surface area contributed by atoms with Crippen molar-refractivity contribution < 1.29 is 4.79 Å². The smallest absolute Gasteiger partial charge is 0.244 e. The number of hydrogen-bond acceptors (Lipinski definition) is 2. The van der Waals surface area contributed by atoms with E-state index in [9.17, 15) is 4.79 Å². The van der Waals surface area contributed by atoms with Crippen LogP contribution in [0.1, 0.15) is 28.3 Å². The molecule has 0 aliphatic rings. The van der Waals surface area contributed by atoms with E-state index in [1.54, 1.807) is 0 Å². The summed E-state index contributed by atoms with van der Waals surface area (Å²) in [5.41, 5.74) is 10.8. The number of para-hydroxylation sites is 1. The van der Waals surface area contributed by atoms with E-state index in [4.69, 9.17) is 5.73 Å². The van der Waals surface area contributed by atoms with E-state index >= 15 is 0 Å². The zero-order valence-electron chi connectivity index (χ0n) is 12.1. The maximum Gasteiger partial charge on any atom is 0.244 e. The third-order valence-electron chi connectivity index (χ3n) is 3.40. The highest BCUT2D eigenvalue weighted by molar-refractivity contribution is 5.85. The Labute approximate surface area is 119 Å². The Morgan fingerprint density at radius 2 is 1.60 bits per heavy atom. The van der Waals surface area contributed by atoms with Crippen molar-refractivity contribution in [2.75, 3.05) is 5.32 Å². The molecule has 20 heavy (non-hydrogen) atoms. The van der Waals surface area contributed by atoms with Crippen LogP contribution in [0.15, 0.2) is 42.5 Å². The molecule has 1 amide bonds. The fourth-order valence-electron chi connectivity index (χ4n) is 2.63. The second-order valence-corrected chi connectivity index (χ2v) is 5.16. The van der Waals surface area contributed by atoms with Gasteiger partial charge in [0.25, 0.3) is 0 Å². The zero-order valence-corrected chi connectivity index (χ0v) is 12.1. The van der Waals surface area contributed by atoms with Crippen LogP contribution >= 0.6 is 0 Å². The van der Waals surface area contributed by atoms with Crippen LogP contribution in [0.5, 0.6) is 0 Å². The Balaban J connectivity index is 2.42. The van der Waals surface area contributed by atoms with Crippen molar-refractivity contribution in [2.24, 2.45) is 5.73 Å². The van der Waals surface area contributed by atoms with Crippen LogP contribution in [0.4, 0.5) is 5.69 Å². The van der Waals surface area contributed by atoms with Crippen molar-refractivity contribution in [1.82, 2.24) is 0 Å². The molecule has 0 aromatic heterocycles. The summed E-state index contributed by atoms with van der Waals surface area (Å²) in [6, 6.07) is 13.3. The van der Waals surface area contributed by atoms with Crippen molar-refractivity contribution in [2.45, 2.75) is 26.8 Å². The van der Waals surface area contributed by atoms with Gasteiger partial charge in [0, 0.05) is 5.69 Å². The number of carbonyl (C=O) groups is 1. The molecule has 0 aliphatic heterocycles. The maximum absolute atomic E-state index is 11.9. The van der Waals surface area contributed by atoms with Gasteiger partial charge in [0.1, 0.15) is 6.04 Å². The molecule has 2 aromatic rings. The van der Waals surface area contributed by atoms with Gasteiger partial charge in [-0.2, -0.15) is 0 Å². The van der Waals surface area contributed by atoms with Crippen LogP contribution < -0.4 is 11.1 Å². The summed E-state index contributed by atoms with van der Waals surface area (Å²) in [4.78, 5) is 11.9. The Kier molecular flexibility index (Phi) is 4.08. The minimum atomic E-state index is -0.516. The molecular weight excluding hydrogens is 248 g/mol. The number of anilines is 1. The number of rotatable bonds is 4. The first-order valence-corrected chi connectivity index (χ1v) is 6.67. The molecule has 3 heteroatoms. The molecule has 0 fully saturated rings. The molecule has 0 bridgehead atoms. The Morgan fingerprint density at radius 1 is 1.05 bits per heavy atom. The quantitative estimate of drug-likeness (QED) is 0.894. The Morgan fingerprint density at radius 3 is 2.10 bits per heavy atom. The third kappa shape index (κ3) is 2.99. The first-order valence-electron chi connectivity index (χ1n) is 6.67. The van der Waals surface area contributed by atoms with Gasteiger partial charge in [0.05, 0.1) is 0 Å². The third-order valence-corrected chi connectivity index (χ3v) is 3.40. The summed E-state index contributed by atoms with van der Waals surface area (Å²) in [5.74, 6) is -0.371. The van der Waals surface area contributed by atoms with Crippen LogP contribution in [0.25, 0.3) is 0 Å². The lowest BCUT2D eigenvalue weighted by Gasteiger charge is -2.21. The summed E-state index contributed by atoms with van der Waals surface area (Å²) in [6.45, 7) is 6.07. The minimum absolute atomic E-state index is 0.371. The molecule has 0 spiro atoms. The molecule has 3 nitrogen and oxygen atoms in total. The lowest BCUT2D eigenvalue weighted by molar-refractivity contribution is -0.118. The molecule has 2 aromatic carbocycles. The second kappa shape index (κ2) is 5.78. The lowest BCUT2D eigenvalue weighted by Crippen LogP contribution is -2.29. The van der Waals surface area contributed by atoms with Gasteiger partial charge in [-0.15, -0.1) is 0 Å². The molecule has 2 rings (SSSR count). The van der Waals surface area contributed by atoms with E-state index in [0.29, 0.717) is 0 Å². The van der Waals surface area contributed by atoms with E-state index < -0.39 is 6.04 Å². The van der Waals surface area contributed by atoms with Gasteiger partial charge in [-0.25, -0.2) is 0 Å². The molecule has 104 valence electrons. The Bertz CT molecular complexity index is 597. The van der Waals surface area contributed by atoms with Crippen LogP contribution in [0.2, 0.25) is 0 Å². The predicted octanol–water partition coefficient (Wildman–Crippen LogP) is 3.25. The first kappa shape index (κ1) is 14.1. The highest BCUT2D eigenvalue weighted by atomic mass is 16.1. The van der Waals surface area contributed by atoms with Gasteiger partial charge >= 0.3 is 0 Å². The standard InChI is InChI=1S/C17H20N2O/c1-11-9-12(2)15(13(3)10-11)16(17(18)20)19-14-7-5-4-6-8-14/h4-10,16,19H,1-3H3,(H2,18,20). The average Bonchev–Trinajstić information content (AvgIpc) is 2.37. The summed E-state index contributed by atoms with van der Waals surface area (Å²) in [6.07, 6.45) is 0. The number of carbonyl (C=O) groups excluding carboxylic acids is 1. The number of primary amides is 1. The normalized spacial score (nSPS) is 11.9. The van der Waals surface area contributed by atoms with E-state index in [-0.39, 0.29) is 5.91 Å². The van der Waals surface area contributed by atoms with Crippen LogP contribution in [0, 0.1) is 20.8 Å². The van der Waals surface area contributed by atoms with Gasteiger partial charge in [-0.3, -0.25) is 4.79 Å². The van der Waals surface area contributed by atoms with E-state index in [0.717, 1.165) is 22.4 Å². The van der Waals surface area contributed by atoms with Gasteiger partial charge in [-0.1, -0.05) is 35.9 Å². The van der Waals surface area contributed by atoms with Crippen molar-refractivity contribution in [3.63, 3.8) is 0 Å². The van der Waals surface area contributed by atoms with Gasteiger partial charge in [0.15, 0.2) is 0 Å². The van der Waals surface area contributed by atoms with Crippen molar-refractivity contribution in [3.05, 3.63) is 64.7 Å². The van der Waals surface area contributed by atoms with Crippen LogP contribution in [-0.2, 0) is 4.79 Å². The summed E-state index contributed by atoms with van der Waals surface area (Å²) >= 11 is 0. The fourth-order valence-corrected chi connectivity index (χ4v) is 2.63. The molecular formula is C17H20N2O. The molecule has 0 saturated carbocycles. The monoisotopic (exact) mass is 268 g/mol. The number of nitrogens with one attached hydrogen (secondary N) is 1. The van der Waals surface area contributed by atoms with E-state index in [2.05, 4.69) is 17.4 Å². The number of benzene rings is 2. The molecule has 0 heterocycles. The van der Waals surface area contributed by atoms with Crippen LogP contribution in [-0.4, -0.2) is 5.91 Å². The number of aryl methyl sites for hydroxylation is 3. The number of hydrogen-bond donors (Lipinski definition) is 2. The molecule has 1 unspecified atom stereocenters. The van der Waals surface area contributed by atoms with Crippen molar-refractivity contribution in [1.29, 1.82) is 0 Å². The summed E-state index contributed by atoms with van der Waals surface area (Å²) < 4.78 is 0. The van der Waals surface area contributed by atoms with E-state index in [1.165, 1.54) is 5.56 Å². The van der Waals surface area contributed by atoms with E-state index in [1.807, 2.05) is 51.1 Å². The molecule has 0 saturated heterocycles. The lowest BCUT2D eigenvalue weighted by atomic mass is 9.93. The molecule has 3 N–H and O–H groups in total. The average molecular weight is 268 g/mol. The minimum Gasteiger partial charge on any atom is -0.370 e. The van der Waals surface area contributed by atoms with Gasteiger partial charge < -0.3 is 11.1 Å². The maximum atomic E-state index is 11.9. The molecule has 0 radical (unpaired) electrons. The van der Waals surface area contributed by atoms with Gasteiger partial charge in [-0.05, 0) is 49.6 Å². The Hall–Kier alpha value is -2.29. The SMILES string of the molecule is Cc1cc(C)c(C(Nc2ccccc2)C(N)=O)c(C)c1. The zero-order chi connectivity index (χ0) is 14.7. The number of nitrogens with two attached hydrogens (primary N) is 1. The first-order chi connectivity index (χ1) is 9.49.